The van der Waals surface area contributed by atoms with Crippen LogP contribution in [0.5, 0.6) is 5.75 Å². The molecule has 41 heavy (non-hydrogen) atoms. The zero-order valence-corrected chi connectivity index (χ0v) is 23.6. The molecule has 0 bridgehead atoms. The smallest absolute Gasteiger partial charge is 0.332 e. The van der Waals surface area contributed by atoms with Crippen LogP contribution in [0.1, 0.15) is 49.3 Å². The van der Waals surface area contributed by atoms with E-state index in [1.165, 1.54) is 23.8 Å². The summed E-state index contributed by atoms with van der Waals surface area (Å²) >= 11 is 1.25. The first-order valence-corrected chi connectivity index (χ1v) is 14.4. The highest BCUT2D eigenvalue weighted by atomic mass is 32.1. The fourth-order valence-corrected chi connectivity index (χ4v) is 6.97. The van der Waals surface area contributed by atoms with E-state index >= 15 is 0 Å². The molecule has 1 aliphatic heterocycles. The van der Waals surface area contributed by atoms with Crippen molar-refractivity contribution in [3.05, 3.63) is 68.7 Å². The monoisotopic (exact) mass is 581 g/mol. The Labute approximate surface area is 238 Å². The number of hydrogen-bond acceptors (Lipinski definition) is 9. The summed E-state index contributed by atoms with van der Waals surface area (Å²) in [6.45, 7) is 3.05. The van der Waals surface area contributed by atoms with Gasteiger partial charge in [0.15, 0.2) is 0 Å². The van der Waals surface area contributed by atoms with E-state index in [1.54, 1.807) is 18.6 Å². The number of aryl methyl sites for hydroxylation is 1. The highest BCUT2D eigenvalue weighted by molar-refractivity contribution is 7.22. The first-order chi connectivity index (χ1) is 19.8. The Hall–Kier alpha value is -3.74. The molecule has 216 valence electrons. The molecule has 2 fully saturated rings. The number of methoxy groups -OCH3 is 1. The van der Waals surface area contributed by atoms with Gasteiger partial charge in [-0.3, -0.25) is 18.7 Å². The van der Waals surface area contributed by atoms with Crippen molar-refractivity contribution in [2.24, 2.45) is 0 Å². The minimum absolute atomic E-state index is 0.0848. The lowest BCUT2D eigenvalue weighted by atomic mass is 10.1. The summed E-state index contributed by atoms with van der Waals surface area (Å²) in [6.07, 6.45) is 4.28. The average molecular weight is 582 g/mol. The molecule has 1 N–H and O–H groups in total. The largest absolute Gasteiger partial charge is 0.496 e. The number of rotatable bonds is 10. The lowest BCUT2D eigenvalue weighted by molar-refractivity contribution is -0.138. The third-order valence-corrected chi connectivity index (χ3v) is 9.28. The number of aliphatic carboxylic acids is 1. The molecule has 2 aliphatic rings. The molecule has 1 aromatic carbocycles. The van der Waals surface area contributed by atoms with Gasteiger partial charge in [-0.2, -0.15) is 0 Å². The number of fused-ring (bicyclic) bond motifs is 1. The predicted octanol–water partition coefficient (Wildman–Crippen LogP) is 4.10. The van der Waals surface area contributed by atoms with Gasteiger partial charge in [0, 0.05) is 18.8 Å². The molecule has 1 atom stereocenters. The Morgan fingerprint density at radius 3 is 2.66 bits per heavy atom. The van der Waals surface area contributed by atoms with Crippen LogP contribution in [0.3, 0.4) is 0 Å². The van der Waals surface area contributed by atoms with Gasteiger partial charge in [-0.25, -0.2) is 9.78 Å². The van der Waals surface area contributed by atoms with Gasteiger partial charge in [0.2, 0.25) is 5.89 Å². The number of hydrogen-bond donors (Lipinski definition) is 1. The molecular formula is C29H31N3O8S. The molecule has 1 saturated heterocycles. The minimum atomic E-state index is -1.06. The molecule has 3 aromatic heterocycles. The maximum Gasteiger partial charge on any atom is 0.332 e. The average Bonchev–Trinajstić information content (AvgIpc) is 3.35. The molecule has 1 saturated carbocycles. The van der Waals surface area contributed by atoms with E-state index in [-0.39, 0.29) is 19.1 Å². The van der Waals surface area contributed by atoms with Crippen LogP contribution >= 0.6 is 11.3 Å². The van der Waals surface area contributed by atoms with Crippen LogP contribution in [0.4, 0.5) is 0 Å². The van der Waals surface area contributed by atoms with Crippen molar-refractivity contribution in [3.8, 4) is 16.5 Å². The maximum absolute atomic E-state index is 14.3. The van der Waals surface area contributed by atoms with Crippen molar-refractivity contribution < 1.29 is 28.5 Å². The Morgan fingerprint density at radius 2 is 2.00 bits per heavy atom. The number of para-hydroxylation sites is 1. The van der Waals surface area contributed by atoms with Crippen LogP contribution in [0.25, 0.3) is 21.0 Å². The van der Waals surface area contributed by atoms with E-state index in [0.29, 0.717) is 71.2 Å². The molecule has 1 aliphatic carbocycles. The van der Waals surface area contributed by atoms with Crippen molar-refractivity contribution in [1.82, 2.24) is 14.1 Å². The first-order valence-electron chi connectivity index (χ1n) is 13.6. The van der Waals surface area contributed by atoms with Crippen molar-refractivity contribution in [2.45, 2.75) is 63.3 Å². The number of ether oxygens (including phenoxy) is 3. The summed E-state index contributed by atoms with van der Waals surface area (Å²) in [4.78, 5) is 45.4. The van der Waals surface area contributed by atoms with Crippen LogP contribution < -0.4 is 16.0 Å². The number of carbonyl (C=O) groups is 1. The fraction of sp³-hybridized carbons (Fsp3) is 0.448. The van der Waals surface area contributed by atoms with Gasteiger partial charge in [-0.15, -0.1) is 11.3 Å². The van der Waals surface area contributed by atoms with E-state index < -0.39 is 28.9 Å². The van der Waals surface area contributed by atoms with Gasteiger partial charge in [-0.05, 0) is 44.2 Å². The number of nitrogens with zero attached hydrogens (tertiary/aromatic N) is 3. The highest BCUT2D eigenvalue weighted by Crippen LogP contribution is 2.46. The molecule has 0 unspecified atom stereocenters. The van der Waals surface area contributed by atoms with Crippen LogP contribution in [0, 0.1) is 6.92 Å². The fourth-order valence-electron chi connectivity index (χ4n) is 5.73. The van der Waals surface area contributed by atoms with Crippen LogP contribution in [0.15, 0.2) is 50.7 Å². The number of oxazole rings is 1. The molecule has 0 spiro atoms. The van der Waals surface area contributed by atoms with Gasteiger partial charge in [0.1, 0.15) is 22.9 Å². The Bertz CT molecular complexity index is 1690. The van der Waals surface area contributed by atoms with Crippen molar-refractivity contribution >= 4 is 27.5 Å². The molecule has 0 amide bonds. The van der Waals surface area contributed by atoms with E-state index in [2.05, 4.69) is 4.98 Å². The summed E-state index contributed by atoms with van der Waals surface area (Å²) < 4.78 is 26.1. The third-order valence-electron chi connectivity index (χ3n) is 7.98. The zero-order chi connectivity index (χ0) is 28.7. The summed E-state index contributed by atoms with van der Waals surface area (Å²) in [5, 5.41) is 10.00. The summed E-state index contributed by atoms with van der Waals surface area (Å²) in [6, 6.07) is 7.51. The lowest BCUT2D eigenvalue weighted by Crippen LogP contribution is -2.47. The van der Waals surface area contributed by atoms with Gasteiger partial charge >= 0.3 is 11.7 Å². The van der Waals surface area contributed by atoms with Gasteiger partial charge in [0.25, 0.3) is 5.56 Å². The van der Waals surface area contributed by atoms with E-state index in [1.807, 2.05) is 24.3 Å². The molecule has 11 nitrogen and oxygen atoms in total. The Kier molecular flexibility index (Phi) is 7.30. The topological polar surface area (TPSA) is 135 Å². The van der Waals surface area contributed by atoms with Crippen LogP contribution in [0.2, 0.25) is 0 Å². The number of thiophene rings is 1. The number of carboxylic acids is 1. The normalized spacial score (nSPS) is 17.5. The summed E-state index contributed by atoms with van der Waals surface area (Å²) in [7, 11) is 1.59. The second-order valence-corrected chi connectivity index (χ2v) is 11.6. The first kappa shape index (κ1) is 27.4. The Morgan fingerprint density at radius 1 is 1.24 bits per heavy atom. The SMILES string of the molecule is COc1ccccc1[C@H](Cn1c(=O)n(C2(CC(=O)O)CC2)c(=O)c2c(C)c(-c3ncco3)sc21)OC1CCOCC1. The molecule has 4 aromatic rings. The van der Waals surface area contributed by atoms with Gasteiger partial charge < -0.3 is 23.7 Å². The summed E-state index contributed by atoms with van der Waals surface area (Å²) in [5.41, 5.74) is -0.713. The van der Waals surface area contributed by atoms with E-state index in [0.717, 1.165) is 10.1 Å². The van der Waals surface area contributed by atoms with E-state index in [4.69, 9.17) is 18.6 Å². The third kappa shape index (κ3) is 5.00. The Balaban J connectivity index is 1.56. The number of benzene rings is 1. The molecular weight excluding hydrogens is 550 g/mol. The molecule has 12 heteroatoms. The number of carboxylic acid groups (broad SMARTS) is 1. The standard InChI is InChI=1S/C29H31N3O8S/c1-17-23-26(35)32(29(9-10-29)15-22(33)34)28(36)31(27(23)41-24(17)25-30-11-14-39-25)16-21(40-18-7-12-38-13-8-18)19-5-3-4-6-20(19)37-2/h3-6,11,14,18,21H,7-10,12-13,15-16H2,1-2H3,(H,33,34)/t21-/m0/s1. The molecule has 6 rings (SSSR count). The molecule has 0 radical (unpaired) electrons. The summed E-state index contributed by atoms with van der Waals surface area (Å²) in [5.74, 6) is -0.0904. The van der Waals surface area contributed by atoms with E-state index in [9.17, 15) is 19.5 Å². The zero-order valence-electron chi connectivity index (χ0n) is 22.8. The second kappa shape index (κ2) is 10.9. The van der Waals surface area contributed by atoms with Crippen molar-refractivity contribution in [2.75, 3.05) is 20.3 Å². The van der Waals surface area contributed by atoms with Gasteiger partial charge in [0.05, 0.1) is 48.2 Å². The van der Waals surface area contributed by atoms with Gasteiger partial charge in [-0.1, -0.05) is 18.2 Å². The number of aromatic nitrogens is 3. The quantitative estimate of drug-likeness (QED) is 0.294. The lowest BCUT2D eigenvalue weighted by Gasteiger charge is -2.29. The maximum atomic E-state index is 14.3. The second-order valence-electron chi connectivity index (χ2n) is 10.6. The van der Waals surface area contributed by atoms with Crippen molar-refractivity contribution in [3.63, 3.8) is 0 Å². The van der Waals surface area contributed by atoms with Crippen LogP contribution in [-0.2, 0) is 26.4 Å². The van der Waals surface area contributed by atoms with Crippen LogP contribution in [-0.4, -0.2) is 51.6 Å². The highest BCUT2D eigenvalue weighted by Gasteiger charge is 2.49. The minimum Gasteiger partial charge on any atom is -0.496 e. The molecule has 4 heterocycles. The van der Waals surface area contributed by atoms with Crippen molar-refractivity contribution in [1.29, 1.82) is 0 Å². The predicted molar refractivity (Wildman–Crippen MR) is 151 cm³/mol.